The summed E-state index contributed by atoms with van der Waals surface area (Å²) in [5.74, 6) is 5.56. The zero-order valence-electron chi connectivity index (χ0n) is 13.1. The van der Waals surface area contributed by atoms with Gasteiger partial charge in [0, 0.05) is 18.3 Å². The van der Waals surface area contributed by atoms with Crippen LogP contribution in [0.25, 0.3) is 5.52 Å². The Balaban J connectivity index is 0.000000381. The van der Waals surface area contributed by atoms with Gasteiger partial charge in [-0.3, -0.25) is 0 Å². The molecular formula is C16H15IN8. The number of nitrogens with zero attached hydrogens (tertiary/aromatic N) is 6. The summed E-state index contributed by atoms with van der Waals surface area (Å²) >= 11 is 0. The Bertz CT molecular complexity index is 888. The minimum Gasteiger partial charge on any atom is -1.00 e. The Morgan fingerprint density at radius 3 is 2.12 bits per heavy atom. The maximum Gasteiger partial charge on any atom is 0.199 e. The third-order valence-corrected chi connectivity index (χ3v) is 2.58. The van der Waals surface area contributed by atoms with Gasteiger partial charge in [-0.15, -0.1) is 5.10 Å². The first-order valence-corrected chi connectivity index (χ1v) is 6.72. The van der Waals surface area contributed by atoms with Crippen LogP contribution in [0.15, 0.2) is 55.0 Å². The van der Waals surface area contributed by atoms with Crippen molar-refractivity contribution in [2.75, 3.05) is 11.6 Å². The summed E-state index contributed by atoms with van der Waals surface area (Å²) in [5, 5.41) is 27.9. The highest BCUT2D eigenvalue weighted by Gasteiger charge is 2.06. The summed E-state index contributed by atoms with van der Waals surface area (Å²) in [5.41, 5.74) is 6.70. The molecular weight excluding hydrogens is 431 g/mol. The van der Waals surface area contributed by atoms with Crippen molar-refractivity contribution in [1.29, 1.82) is 15.8 Å². The smallest absolute Gasteiger partial charge is 0.199 e. The normalized spacial score (nSPS) is 8.04. The lowest BCUT2D eigenvalue weighted by atomic mass is 10.3. The number of hydrogen-bond donors (Lipinski definition) is 2. The van der Waals surface area contributed by atoms with E-state index >= 15 is 0 Å². The second kappa shape index (κ2) is 12.1. The fourth-order valence-corrected chi connectivity index (χ4v) is 1.58. The highest BCUT2D eigenvalue weighted by atomic mass is 127. The van der Waals surface area contributed by atoms with E-state index < -0.39 is 0 Å². The molecule has 0 fully saturated rings. The second-order valence-corrected chi connectivity index (χ2v) is 4.22. The van der Waals surface area contributed by atoms with Crippen LogP contribution in [0.1, 0.15) is 12.0 Å². The van der Waals surface area contributed by atoms with E-state index in [9.17, 15) is 0 Å². The van der Waals surface area contributed by atoms with Gasteiger partial charge < -0.3 is 29.7 Å². The summed E-state index contributed by atoms with van der Waals surface area (Å²) in [6.45, 7) is 0. The van der Waals surface area contributed by atoms with Crippen LogP contribution in [0, 0.1) is 34.0 Å². The molecule has 0 radical (unpaired) electrons. The van der Waals surface area contributed by atoms with Crippen LogP contribution < -0.4 is 40.2 Å². The molecule has 3 heterocycles. The maximum absolute atomic E-state index is 8.72. The summed E-state index contributed by atoms with van der Waals surface area (Å²) in [6, 6.07) is 16.5. The topological polar surface area (TPSA) is 145 Å². The van der Waals surface area contributed by atoms with E-state index in [1.807, 2.05) is 42.5 Å². The van der Waals surface area contributed by atoms with Gasteiger partial charge in [0.2, 0.25) is 0 Å². The van der Waals surface area contributed by atoms with Gasteiger partial charge in [0.1, 0.15) is 18.1 Å². The highest BCUT2D eigenvalue weighted by Crippen LogP contribution is 2.15. The standard InChI is InChI=1S/C8H6N4.C5H7N2.C3H2N2.HI/c9-5-6-7-3-1-2-4-12(7)11-8(6)10;6-7-4-2-1-3-5-7;4-2-1-3-5;/h1-4H,(H2,10,11);1-5H,6H2;1H2;1H/q;+1;;/p-1. The van der Waals surface area contributed by atoms with Gasteiger partial charge in [0.25, 0.3) is 0 Å². The van der Waals surface area contributed by atoms with Gasteiger partial charge in [-0.25, -0.2) is 10.4 Å². The Labute approximate surface area is 162 Å². The van der Waals surface area contributed by atoms with Gasteiger partial charge in [0.15, 0.2) is 18.2 Å². The molecule has 0 aliphatic heterocycles. The molecule has 4 N–H and O–H groups in total. The van der Waals surface area contributed by atoms with Crippen molar-refractivity contribution >= 4 is 11.3 Å². The average Bonchev–Trinajstić information content (AvgIpc) is 2.92. The van der Waals surface area contributed by atoms with Gasteiger partial charge in [0.05, 0.1) is 17.7 Å². The van der Waals surface area contributed by atoms with E-state index in [4.69, 9.17) is 27.4 Å². The fourth-order valence-electron chi connectivity index (χ4n) is 1.58. The van der Waals surface area contributed by atoms with Crippen molar-refractivity contribution in [3.63, 3.8) is 0 Å². The van der Waals surface area contributed by atoms with Crippen molar-refractivity contribution in [3.05, 3.63) is 60.6 Å². The first-order chi connectivity index (χ1) is 11.6. The zero-order chi connectivity index (χ0) is 17.8. The van der Waals surface area contributed by atoms with Crippen LogP contribution >= 0.6 is 0 Å². The molecule has 3 aromatic heterocycles. The number of nitrogens with two attached hydrogens (primary N) is 2. The van der Waals surface area contributed by atoms with E-state index in [1.165, 1.54) is 4.68 Å². The number of anilines is 1. The Hall–Kier alpha value is -3.36. The molecule has 9 heteroatoms. The van der Waals surface area contributed by atoms with Gasteiger partial charge in [-0.05, 0) is 12.1 Å². The molecule has 0 aliphatic rings. The molecule has 126 valence electrons. The summed E-state index contributed by atoms with van der Waals surface area (Å²) < 4.78 is 3.09. The monoisotopic (exact) mass is 446 g/mol. The van der Waals surface area contributed by atoms with Crippen LogP contribution in [0.5, 0.6) is 0 Å². The lowest BCUT2D eigenvalue weighted by Gasteiger charge is -1.87. The highest BCUT2D eigenvalue weighted by molar-refractivity contribution is 5.69. The van der Waals surface area contributed by atoms with Crippen LogP contribution in [-0.4, -0.2) is 9.61 Å². The molecule has 0 amide bonds. The Kier molecular flexibility index (Phi) is 10.5. The molecule has 8 nitrogen and oxygen atoms in total. The third kappa shape index (κ3) is 7.16. The van der Waals surface area contributed by atoms with Crippen molar-refractivity contribution < 1.29 is 28.7 Å². The van der Waals surface area contributed by atoms with Crippen molar-refractivity contribution in [3.8, 4) is 18.2 Å². The zero-order valence-corrected chi connectivity index (χ0v) is 15.3. The first-order valence-electron chi connectivity index (χ1n) is 6.72. The number of halogens is 1. The maximum atomic E-state index is 8.72. The van der Waals surface area contributed by atoms with E-state index in [0.29, 0.717) is 5.56 Å². The SMILES string of the molecule is N#CCC#N.N#Cc1c(N)nn2ccccc12.N[n+]1ccccc1.[I-]. The number of fused-ring (bicyclic) bond motifs is 1. The number of nitrogen functional groups attached to an aromatic ring is 2. The van der Waals surface area contributed by atoms with Crippen LogP contribution in [0.4, 0.5) is 5.82 Å². The lowest BCUT2D eigenvalue weighted by molar-refractivity contribution is -0.638. The molecule has 0 bridgehead atoms. The molecule has 0 spiro atoms. The summed E-state index contributed by atoms with van der Waals surface area (Å²) in [6.07, 6.45) is 5.31. The van der Waals surface area contributed by atoms with Crippen molar-refractivity contribution in [1.82, 2.24) is 9.61 Å². The summed E-state index contributed by atoms with van der Waals surface area (Å²) in [7, 11) is 0. The number of nitriles is 3. The molecule has 3 rings (SSSR count). The van der Waals surface area contributed by atoms with Gasteiger partial charge in [-0.2, -0.15) is 15.8 Å². The van der Waals surface area contributed by atoms with Gasteiger partial charge >= 0.3 is 0 Å². The number of pyridine rings is 2. The number of rotatable bonds is 0. The van der Waals surface area contributed by atoms with E-state index in [0.717, 1.165) is 5.52 Å². The molecule has 0 aliphatic carbocycles. The van der Waals surface area contributed by atoms with E-state index in [2.05, 4.69) is 5.10 Å². The minimum absolute atomic E-state index is 0. The average molecular weight is 446 g/mol. The minimum atomic E-state index is 0. The first kappa shape index (κ1) is 21.6. The molecule has 0 saturated carbocycles. The molecule has 25 heavy (non-hydrogen) atoms. The van der Waals surface area contributed by atoms with Crippen LogP contribution in [0.3, 0.4) is 0 Å². The number of hydrogen-bond acceptors (Lipinski definition) is 6. The second-order valence-electron chi connectivity index (χ2n) is 4.22. The predicted octanol–water partition coefficient (Wildman–Crippen LogP) is -2.10. The van der Waals surface area contributed by atoms with Crippen molar-refractivity contribution in [2.24, 2.45) is 0 Å². The predicted molar refractivity (Wildman–Crippen MR) is 86.9 cm³/mol. The van der Waals surface area contributed by atoms with Crippen molar-refractivity contribution in [2.45, 2.75) is 6.42 Å². The Morgan fingerprint density at radius 2 is 1.68 bits per heavy atom. The molecule has 3 aromatic rings. The lowest BCUT2D eigenvalue weighted by Crippen LogP contribution is -3.00. The quantitative estimate of drug-likeness (QED) is 0.230. The third-order valence-electron chi connectivity index (χ3n) is 2.58. The molecule has 0 aromatic carbocycles. The largest absolute Gasteiger partial charge is 1.00 e. The number of aromatic nitrogens is 3. The van der Waals surface area contributed by atoms with E-state index in [1.54, 1.807) is 35.2 Å². The molecule has 0 saturated heterocycles. The Morgan fingerprint density at radius 1 is 1.04 bits per heavy atom. The summed E-state index contributed by atoms with van der Waals surface area (Å²) in [4.78, 5) is 0. The molecule has 0 atom stereocenters. The van der Waals surface area contributed by atoms with Crippen LogP contribution in [0.2, 0.25) is 0 Å². The van der Waals surface area contributed by atoms with E-state index in [-0.39, 0.29) is 36.2 Å². The molecule has 0 unspecified atom stereocenters. The van der Waals surface area contributed by atoms with Crippen LogP contribution in [-0.2, 0) is 0 Å². The van der Waals surface area contributed by atoms with Gasteiger partial charge in [-0.1, -0.05) is 16.8 Å². The fraction of sp³-hybridized carbons (Fsp3) is 0.0625.